The van der Waals surface area contributed by atoms with Crippen molar-refractivity contribution in [2.24, 2.45) is 0 Å². The molecule has 0 heterocycles. The number of ether oxygens (including phenoxy) is 3. The van der Waals surface area contributed by atoms with Gasteiger partial charge in [0.15, 0.2) is 11.5 Å². The second-order valence-corrected chi connectivity index (χ2v) is 7.92. The molecule has 0 spiro atoms. The van der Waals surface area contributed by atoms with E-state index in [-0.39, 0.29) is 5.60 Å². The fourth-order valence-corrected chi connectivity index (χ4v) is 2.96. The number of aliphatic hydroxyl groups excluding tert-OH is 1. The standard InChI is InChI=1S/C23H33NO4/c1-23(2,3)28-17-20(25)16-24(14-18-9-7-6-8-10-18)15-19-11-12-21(26-4)22(13-19)27-5/h6-13,20,25H,14-17H2,1-5H3. The predicted molar refractivity (Wildman–Crippen MR) is 112 cm³/mol. The summed E-state index contributed by atoms with van der Waals surface area (Å²) in [5, 5.41) is 10.5. The van der Waals surface area contributed by atoms with Crippen LogP contribution in [0.15, 0.2) is 48.5 Å². The molecule has 2 aromatic carbocycles. The molecule has 154 valence electrons. The third-order valence-electron chi connectivity index (χ3n) is 4.28. The van der Waals surface area contributed by atoms with Crippen LogP contribution in [0.25, 0.3) is 0 Å². The Kier molecular flexibility index (Phi) is 8.30. The van der Waals surface area contributed by atoms with Gasteiger partial charge in [-0.25, -0.2) is 0 Å². The van der Waals surface area contributed by atoms with E-state index in [9.17, 15) is 5.11 Å². The van der Waals surface area contributed by atoms with Crippen LogP contribution in [-0.4, -0.2) is 49.1 Å². The van der Waals surface area contributed by atoms with E-state index in [0.717, 1.165) is 12.1 Å². The van der Waals surface area contributed by atoms with Gasteiger partial charge in [0.2, 0.25) is 0 Å². The van der Waals surface area contributed by atoms with E-state index in [1.54, 1.807) is 14.2 Å². The van der Waals surface area contributed by atoms with Crippen molar-refractivity contribution >= 4 is 0 Å². The highest BCUT2D eigenvalue weighted by Crippen LogP contribution is 2.28. The van der Waals surface area contributed by atoms with E-state index in [0.29, 0.717) is 31.2 Å². The van der Waals surface area contributed by atoms with E-state index in [1.165, 1.54) is 5.56 Å². The Balaban J connectivity index is 2.11. The summed E-state index contributed by atoms with van der Waals surface area (Å²) in [4.78, 5) is 2.22. The van der Waals surface area contributed by atoms with Crippen LogP contribution in [0.4, 0.5) is 0 Å². The highest BCUT2D eigenvalue weighted by molar-refractivity contribution is 5.42. The van der Waals surface area contributed by atoms with Gasteiger partial charge in [0.1, 0.15) is 0 Å². The van der Waals surface area contributed by atoms with Gasteiger partial charge in [0.05, 0.1) is 32.5 Å². The number of aliphatic hydroxyl groups is 1. The fourth-order valence-electron chi connectivity index (χ4n) is 2.96. The molecule has 5 heteroatoms. The second-order valence-electron chi connectivity index (χ2n) is 7.92. The molecule has 0 aliphatic carbocycles. The zero-order valence-corrected chi connectivity index (χ0v) is 17.6. The number of nitrogens with zero attached hydrogens (tertiary/aromatic N) is 1. The molecule has 5 nitrogen and oxygen atoms in total. The first-order valence-electron chi connectivity index (χ1n) is 9.60. The van der Waals surface area contributed by atoms with Crippen molar-refractivity contribution in [1.82, 2.24) is 4.90 Å². The lowest BCUT2D eigenvalue weighted by atomic mass is 10.1. The molecule has 0 saturated carbocycles. The maximum absolute atomic E-state index is 10.5. The molecule has 0 aromatic heterocycles. The Hall–Kier alpha value is -2.08. The van der Waals surface area contributed by atoms with Gasteiger partial charge in [0.25, 0.3) is 0 Å². The molecule has 0 aliphatic heterocycles. The fraction of sp³-hybridized carbons (Fsp3) is 0.478. The van der Waals surface area contributed by atoms with Gasteiger partial charge in [-0.15, -0.1) is 0 Å². The van der Waals surface area contributed by atoms with Gasteiger partial charge >= 0.3 is 0 Å². The number of hydrogen-bond acceptors (Lipinski definition) is 5. The van der Waals surface area contributed by atoms with Crippen LogP contribution in [0, 0.1) is 0 Å². The highest BCUT2D eigenvalue weighted by atomic mass is 16.5. The monoisotopic (exact) mass is 387 g/mol. The Morgan fingerprint density at radius 3 is 2.14 bits per heavy atom. The average Bonchev–Trinajstić information content (AvgIpc) is 2.66. The minimum Gasteiger partial charge on any atom is -0.493 e. The van der Waals surface area contributed by atoms with E-state index in [4.69, 9.17) is 14.2 Å². The van der Waals surface area contributed by atoms with Gasteiger partial charge in [-0.1, -0.05) is 36.4 Å². The van der Waals surface area contributed by atoms with Crippen LogP contribution in [0.3, 0.4) is 0 Å². The van der Waals surface area contributed by atoms with Crippen molar-refractivity contribution in [3.8, 4) is 11.5 Å². The normalized spacial score (nSPS) is 12.8. The molecule has 0 amide bonds. The van der Waals surface area contributed by atoms with Crippen molar-refractivity contribution in [2.75, 3.05) is 27.4 Å². The highest BCUT2D eigenvalue weighted by Gasteiger charge is 2.18. The molecule has 0 fully saturated rings. The zero-order valence-electron chi connectivity index (χ0n) is 17.6. The predicted octanol–water partition coefficient (Wildman–Crippen LogP) is 3.88. The summed E-state index contributed by atoms with van der Waals surface area (Å²) in [6.45, 7) is 8.21. The summed E-state index contributed by atoms with van der Waals surface area (Å²) in [6.07, 6.45) is -0.567. The molecule has 0 saturated heterocycles. The summed E-state index contributed by atoms with van der Waals surface area (Å²) in [6, 6.07) is 16.2. The summed E-state index contributed by atoms with van der Waals surface area (Å²) in [5.74, 6) is 1.41. The Morgan fingerprint density at radius 1 is 0.893 bits per heavy atom. The second kappa shape index (κ2) is 10.5. The topological polar surface area (TPSA) is 51.2 Å². The lowest BCUT2D eigenvalue weighted by molar-refractivity contribution is -0.0572. The summed E-state index contributed by atoms with van der Waals surface area (Å²) >= 11 is 0. The van der Waals surface area contributed by atoms with Crippen molar-refractivity contribution in [2.45, 2.75) is 45.6 Å². The lowest BCUT2D eigenvalue weighted by Crippen LogP contribution is -2.36. The number of benzene rings is 2. The van der Waals surface area contributed by atoms with Crippen molar-refractivity contribution in [1.29, 1.82) is 0 Å². The molecule has 0 aliphatic rings. The molecular weight excluding hydrogens is 354 g/mol. The SMILES string of the molecule is COc1ccc(CN(Cc2ccccc2)CC(O)COC(C)(C)C)cc1OC. The molecule has 1 N–H and O–H groups in total. The molecule has 28 heavy (non-hydrogen) atoms. The molecule has 0 bridgehead atoms. The smallest absolute Gasteiger partial charge is 0.161 e. The largest absolute Gasteiger partial charge is 0.493 e. The summed E-state index contributed by atoms with van der Waals surface area (Å²) in [5.41, 5.74) is 2.03. The Morgan fingerprint density at radius 2 is 1.54 bits per heavy atom. The van der Waals surface area contributed by atoms with E-state index < -0.39 is 6.10 Å². The van der Waals surface area contributed by atoms with Crippen LogP contribution in [-0.2, 0) is 17.8 Å². The molecule has 2 rings (SSSR count). The number of hydrogen-bond donors (Lipinski definition) is 1. The van der Waals surface area contributed by atoms with Gasteiger partial charge in [-0.2, -0.15) is 0 Å². The quantitative estimate of drug-likeness (QED) is 0.670. The lowest BCUT2D eigenvalue weighted by Gasteiger charge is -2.27. The third kappa shape index (κ3) is 7.50. The average molecular weight is 388 g/mol. The van der Waals surface area contributed by atoms with E-state index in [2.05, 4.69) is 17.0 Å². The van der Waals surface area contributed by atoms with Crippen molar-refractivity contribution in [3.63, 3.8) is 0 Å². The maximum atomic E-state index is 10.5. The van der Waals surface area contributed by atoms with Crippen LogP contribution in [0.1, 0.15) is 31.9 Å². The van der Waals surface area contributed by atoms with Crippen LogP contribution in [0.5, 0.6) is 11.5 Å². The molecular formula is C23H33NO4. The van der Waals surface area contributed by atoms with Crippen LogP contribution < -0.4 is 9.47 Å². The van der Waals surface area contributed by atoms with E-state index >= 15 is 0 Å². The molecule has 0 radical (unpaired) electrons. The van der Waals surface area contributed by atoms with Gasteiger partial charge in [-0.05, 0) is 44.0 Å². The van der Waals surface area contributed by atoms with Gasteiger partial charge < -0.3 is 19.3 Å². The molecule has 1 unspecified atom stereocenters. The zero-order chi connectivity index (χ0) is 20.6. The Labute approximate surface area is 168 Å². The first-order chi connectivity index (χ1) is 13.3. The summed E-state index contributed by atoms with van der Waals surface area (Å²) < 4.78 is 16.5. The summed E-state index contributed by atoms with van der Waals surface area (Å²) in [7, 11) is 3.27. The third-order valence-corrected chi connectivity index (χ3v) is 4.28. The molecule has 1 atom stereocenters. The number of rotatable bonds is 10. The van der Waals surface area contributed by atoms with Crippen molar-refractivity contribution in [3.05, 3.63) is 59.7 Å². The van der Waals surface area contributed by atoms with E-state index in [1.807, 2.05) is 57.2 Å². The van der Waals surface area contributed by atoms with Gasteiger partial charge in [-0.3, -0.25) is 4.90 Å². The maximum Gasteiger partial charge on any atom is 0.161 e. The minimum absolute atomic E-state index is 0.269. The van der Waals surface area contributed by atoms with Crippen LogP contribution in [0.2, 0.25) is 0 Å². The molecule has 2 aromatic rings. The van der Waals surface area contributed by atoms with Crippen molar-refractivity contribution < 1.29 is 19.3 Å². The first-order valence-corrected chi connectivity index (χ1v) is 9.60. The minimum atomic E-state index is -0.567. The first kappa shape index (κ1) is 22.2. The van der Waals surface area contributed by atoms with Gasteiger partial charge in [0, 0.05) is 19.6 Å². The number of methoxy groups -OCH3 is 2. The Bertz CT molecular complexity index is 712. The van der Waals surface area contributed by atoms with Crippen LogP contribution >= 0.6 is 0 Å².